The fourth-order valence-corrected chi connectivity index (χ4v) is 2.88. The Bertz CT molecular complexity index is 585. The van der Waals surface area contributed by atoms with Crippen LogP contribution in [0.5, 0.6) is 0 Å². The third-order valence-corrected chi connectivity index (χ3v) is 4.31. The second kappa shape index (κ2) is 6.82. The lowest BCUT2D eigenvalue weighted by Gasteiger charge is -2.28. The van der Waals surface area contributed by atoms with E-state index in [9.17, 15) is 0 Å². The SMILES string of the molecule is CC[C@@H]1CO[C@@](CCc2ccc(Cl)cc2)(Cn2ccnc2)O1. The third kappa shape index (κ3) is 3.69. The van der Waals surface area contributed by atoms with Crippen LogP contribution in [-0.4, -0.2) is 28.0 Å². The van der Waals surface area contributed by atoms with E-state index in [0.29, 0.717) is 13.2 Å². The normalized spacial score (nSPS) is 24.7. The highest BCUT2D eigenvalue weighted by Gasteiger charge is 2.40. The topological polar surface area (TPSA) is 36.3 Å². The van der Waals surface area contributed by atoms with Crippen LogP contribution in [-0.2, 0) is 22.4 Å². The molecule has 0 saturated carbocycles. The summed E-state index contributed by atoms with van der Waals surface area (Å²) in [6.45, 7) is 3.45. The highest BCUT2D eigenvalue weighted by molar-refractivity contribution is 6.30. The zero-order valence-corrected chi connectivity index (χ0v) is 13.5. The van der Waals surface area contributed by atoms with E-state index in [1.807, 2.05) is 22.9 Å². The molecule has 4 nitrogen and oxygen atoms in total. The van der Waals surface area contributed by atoms with Crippen molar-refractivity contribution in [3.8, 4) is 0 Å². The Morgan fingerprint density at radius 3 is 2.82 bits per heavy atom. The Morgan fingerprint density at radius 1 is 1.36 bits per heavy atom. The van der Waals surface area contributed by atoms with Crippen LogP contribution in [0.2, 0.25) is 5.02 Å². The molecular weight excluding hydrogens is 300 g/mol. The summed E-state index contributed by atoms with van der Waals surface area (Å²) in [5.41, 5.74) is 1.24. The Balaban J connectivity index is 1.70. The third-order valence-electron chi connectivity index (χ3n) is 4.06. The van der Waals surface area contributed by atoms with Crippen molar-refractivity contribution in [2.75, 3.05) is 6.61 Å². The second-order valence-corrected chi connectivity index (χ2v) is 6.17. The van der Waals surface area contributed by atoms with E-state index in [1.54, 1.807) is 12.5 Å². The molecule has 2 atom stereocenters. The smallest absolute Gasteiger partial charge is 0.187 e. The number of halogens is 1. The van der Waals surface area contributed by atoms with Gasteiger partial charge in [-0.3, -0.25) is 0 Å². The minimum absolute atomic E-state index is 0.175. The summed E-state index contributed by atoms with van der Waals surface area (Å²) in [4.78, 5) is 4.10. The average molecular weight is 321 g/mol. The van der Waals surface area contributed by atoms with Crippen LogP contribution in [0.25, 0.3) is 0 Å². The highest BCUT2D eigenvalue weighted by Crippen LogP contribution is 2.32. The molecule has 5 heteroatoms. The van der Waals surface area contributed by atoms with Crippen LogP contribution in [0.4, 0.5) is 0 Å². The van der Waals surface area contributed by atoms with Gasteiger partial charge in [-0.25, -0.2) is 4.98 Å². The lowest BCUT2D eigenvalue weighted by Crippen LogP contribution is -2.36. The average Bonchev–Trinajstić information content (AvgIpc) is 3.17. The van der Waals surface area contributed by atoms with Crippen LogP contribution in [0.15, 0.2) is 43.0 Å². The Labute approximate surface area is 136 Å². The van der Waals surface area contributed by atoms with Gasteiger partial charge in [-0.15, -0.1) is 0 Å². The predicted octanol–water partition coefficient (Wildman–Crippen LogP) is 3.69. The van der Waals surface area contributed by atoms with Gasteiger partial charge in [0.1, 0.15) is 0 Å². The Hall–Kier alpha value is -1.36. The fourth-order valence-electron chi connectivity index (χ4n) is 2.76. The van der Waals surface area contributed by atoms with E-state index >= 15 is 0 Å². The van der Waals surface area contributed by atoms with Crippen LogP contribution >= 0.6 is 11.6 Å². The number of hydrogen-bond donors (Lipinski definition) is 0. The first-order chi connectivity index (χ1) is 10.7. The van der Waals surface area contributed by atoms with Crippen molar-refractivity contribution in [2.45, 2.75) is 44.6 Å². The molecule has 2 heterocycles. The summed E-state index contributed by atoms with van der Waals surface area (Å²) in [7, 11) is 0. The van der Waals surface area contributed by atoms with E-state index in [-0.39, 0.29) is 6.10 Å². The van der Waals surface area contributed by atoms with Gasteiger partial charge in [0.2, 0.25) is 0 Å². The first-order valence-corrected chi connectivity index (χ1v) is 8.09. The summed E-state index contributed by atoms with van der Waals surface area (Å²) in [5.74, 6) is -0.568. The maximum absolute atomic E-state index is 6.22. The zero-order chi connectivity index (χ0) is 15.4. The molecule has 0 unspecified atom stereocenters. The van der Waals surface area contributed by atoms with Crippen molar-refractivity contribution >= 4 is 11.6 Å². The zero-order valence-electron chi connectivity index (χ0n) is 12.7. The molecule has 1 aromatic heterocycles. The largest absolute Gasteiger partial charge is 0.345 e. The van der Waals surface area contributed by atoms with Crippen LogP contribution in [0, 0.1) is 0 Å². The van der Waals surface area contributed by atoms with Gasteiger partial charge < -0.3 is 14.0 Å². The van der Waals surface area contributed by atoms with Crippen molar-refractivity contribution < 1.29 is 9.47 Å². The van der Waals surface area contributed by atoms with Gasteiger partial charge >= 0.3 is 0 Å². The van der Waals surface area contributed by atoms with Gasteiger partial charge in [-0.2, -0.15) is 0 Å². The number of nitrogens with zero attached hydrogens (tertiary/aromatic N) is 2. The summed E-state index contributed by atoms with van der Waals surface area (Å²) in [5, 5.41) is 0.760. The first kappa shape index (κ1) is 15.5. The summed E-state index contributed by atoms with van der Waals surface area (Å²) < 4.78 is 14.3. The number of aryl methyl sites for hydroxylation is 1. The van der Waals surface area contributed by atoms with Gasteiger partial charge in [-0.1, -0.05) is 30.7 Å². The monoisotopic (exact) mass is 320 g/mol. The van der Waals surface area contributed by atoms with E-state index in [2.05, 4.69) is 24.0 Å². The molecule has 1 aromatic carbocycles. The molecule has 118 valence electrons. The Kier molecular flexibility index (Phi) is 4.81. The number of ether oxygens (including phenoxy) is 2. The number of hydrogen-bond acceptors (Lipinski definition) is 3. The van der Waals surface area contributed by atoms with E-state index < -0.39 is 5.79 Å². The van der Waals surface area contributed by atoms with Crippen molar-refractivity contribution in [3.63, 3.8) is 0 Å². The van der Waals surface area contributed by atoms with Crippen molar-refractivity contribution in [1.29, 1.82) is 0 Å². The number of benzene rings is 1. The van der Waals surface area contributed by atoms with Crippen molar-refractivity contribution in [3.05, 3.63) is 53.6 Å². The van der Waals surface area contributed by atoms with E-state index in [1.165, 1.54) is 5.56 Å². The predicted molar refractivity (Wildman–Crippen MR) is 85.8 cm³/mol. The van der Waals surface area contributed by atoms with Gasteiger partial charge in [0.05, 0.1) is 25.6 Å². The van der Waals surface area contributed by atoms with Crippen LogP contribution in [0.1, 0.15) is 25.3 Å². The second-order valence-electron chi connectivity index (χ2n) is 5.73. The molecule has 0 spiro atoms. The van der Waals surface area contributed by atoms with Crippen LogP contribution < -0.4 is 0 Å². The number of imidazole rings is 1. The quantitative estimate of drug-likeness (QED) is 0.814. The molecule has 1 aliphatic rings. The molecule has 0 aliphatic carbocycles. The lowest BCUT2D eigenvalue weighted by atomic mass is 10.0. The molecule has 0 bridgehead atoms. The number of rotatable bonds is 6. The standard InChI is InChI=1S/C17H21ClN2O2/c1-2-16-11-21-17(22-16,12-20-10-9-19-13-20)8-7-14-3-5-15(18)6-4-14/h3-6,9-10,13,16H,2,7-8,11-12H2,1H3/t16-,17-/m1/s1. The van der Waals surface area contributed by atoms with Gasteiger partial charge in [0.15, 0.2) is 5.79 Å². The van der Waals surface area contributed by atoms with Crippen molar-refractivity contribution in [1.82, 2.24) is 9.55 Å². The molecule has 1 saturated heterocycles. The van der Waals surface area contributed by atoms with Crippen molar-refractivity contribution in [2.24, 2.45) is 0 Å². The summed E-state index contributed by atoms with van der Waals surface area (Å²) >= 11 is 5.94. The van der Waals surface area contributed by atoms with Gasteiger partial charge in [0, 0.05) is 23.8 Å². The summed E-state index contributed by atoms with van der Waals surface area (Å²) in [6, 6.07) is 7.95. The fraction of sp³-hybridized carbons (Fsp3) is 0.471. The van der Waals surface area contributed by atoms with E-state index in [0.717, 1.165) is 24.3 Å². The molecule has 0 N–H and O–H groups in total. The summed E-state index contributed by atoms with van der Waals surface area (Å²) in [6.07, 6.45) is 8.36. The molecule has 1 fully saturated rings. The number of aromatic nitrogens is 2. The lowest BCUT2D eigenvalue weighted by molar-refractivity contribution is -0.182. The molecule has 0 radical (unpaired) electrons. The molecule has 2 aromatic rings. The van der Waals surface area contributed by atoms with Crippen LogP contribution in [0.3, 0.4) is 0 Å². The highest BCUT2D eigenvalue weighted by atomic mass is 35.5. The maximum atomic E-state index is 6.22. The van der Waals surface area contributed by atoms with Gasteiger partial charge in [0.25, 0.3) is 0 Å². The minimum Gasteiger partial charge on any atom is -0.345 e. The molecule has 1 aliphatic heterocycles. The molecule has 22 heavy (non-hydrogen) atoms. The minimum atomic E-state index is -0.568. The Morgan fingerprint density at radius 2 is 2.18 bits per heavy atom. The molecule has 0 amide bonds. The first-order valence-electron chi connectivity index (χ1n) is 7.71. The van der Waals surface area contributed by atoms with Gasteiger partial charge in [-0.05, 0) is 30.5 Å². The van der Waals surface area contributed by atoms with E-state index in [4.69, 9.17) is 21.1 Å². The molecule has 3 rings (SSSR count). The maximum Gasteiger partial charge on any atom is 0.187 e. The molecular formula is C17H21ClN2O2.